The average molecular weight is 200 g/mol. The van der Waals surface area contributed by atoms with Gasteiger partial charge in [-0.1, -0.05) is 0 Å². The van der Waals surface area contributed by atoms with Gasteiger partial charge in [-0.3, -0.25) is 0 Å². The van der Waals surface area contributed by atoms with Gasteiger partial charge in [-0.25, -0.2) is 0 Å². The molecule has 1 heterocycles. The van der Waals surface area contributed by atoms with Gasteiger partial charge in [-0.2, -0.15) is 5.26 Å². The van der Waals surface area contributed by atoms with Crippen LogP contribution in [0.2, 0.25) is 0 Å². The van der Waals surface area contributed by atoms with Crippen molar-refractivity contribution in [1.82, 2.24) is 15.4 Å². The van der Waals surface area contributed by atoms with Crippen LogP contribution in [0.5, 0.6) is 0 Å². The Kier molecular flexibility index (Phi) is 3.33. The Balaban J connectivity index is 0.000000810. The van der Waals surface area contributed by atoms with Gasteiger partial charge < -0.3 is 5.73 Å². The minimum Gasteiger partial charge on any atom is -0.381 e. The van der Waals surface area contributed by atoms with Crippen molar-refractivity contribution in [1.29, 1.82) is 5.26 Å². The molecule has 0 aromatic carbocycles. The summed E-state index contributed by atoms with van der Waals surface area (Å²) in [5.41, 5.74) is 5.45. The molecule has 0 fully saturated rings. The number of hydrogen-bond acceptors (Lipinski definition) is 5. The number of nitrogens with zero attached hydrogens (tertiary/aromatic N) is 4. The second-order valence-electron chi connectivity index (χ2n) is 1.34. The number of hydrogen-bond donors (Lipinski definition) is 1. The van der Waals surface area contributed by atoms with Gasteiger partial charge in [-0.05, 0) is 5.21 Å². The number of nitrogens with two attached hydrogens (primary N) is 1. The third kappa shape index (κ3) is 1.65. The average Bonchev–Trinajstić information content (AvgIpc) is 1.89. The van der Waals surface area contributed by atoms with Gasteiger partial charge in [0.2, 0.25) is 0 Å². The molecule has 0 aliphatic carbocycles. The van der Waals surface area contributed by atoms with Crippen molar-refractivity contribution in [2.24, 2.45) is 0 Å². The van der Waals surface area contributed by atoms with Crippen LogP contribution in [0.1, 0.15) is 5.56 Å². The van der Waals surface area contributed by atoms with Crippen molar-refractivity contribution in [3.63, 3.8) is 0 Å². The third-order valence-electron chi connectivity index (χ3n) is 0.787. The summed E-state index contributed by atoms with van der Waals surface area (Å²) in [5.74, 6) is 0.118. The number of nitrogen functional groups attached to an aromatic ring is 1. The molecule has 2 N–H and O–H groups in total. The third-order valence-corrected chi connectivity index (χ3v) is 0.787. The van der Waals surface area contributed by atoms with Crippen LogP contribution in [0.25, 0.3) is 0 Å². The van der Waals surface area contributed by atoms with Crippen LogP contribution in [-0.2, 0) is 0 Å². The molecular weight excluding hydrogens is 197 g/mol. The van der Waals surface area contributed by atoms with Gasteiger partial charge in [0, 0.05) is 17.1 Å². The largest absolute Gasteiger partial charge is 0.381 e. The zero-order valence-corrected chi connectivity index (χ0v) is 6.56. The molecule has 10 heavy (non-hydrogen) atoms. The van der Waals surface area contributed by atoms with E-state index >= 15 is 0 Å². The maximum atomic E-state index is 8.28. The smallest absolute Gasteiger partial charge is 0.167 e. The molecule has 0 spiro atoms. The van der Waals surface area contributed by atoms with Crippen LogP contribution in [-0.4, -0.2) is 32.5 Å². The molecule has 0 bridgehead atoms. The molecule has 1 aromatic rings. The first kappa shape index (κ1) is 8.82. The summed E-state index contributed by atoms with van der Waals surface area (Å²) in [5, 5.41) is 18.2. The molecule has 0 amide bonds. The Morgan fingerprint density at radius 1 is 1.60 bits per heavy atom. The van der Waals surface area contributed by atoms with E-state index in [0.717, 1.165) is 0 Å². The first-order valence-corrected chi connectivity index (χ1v) is 2.18. The molecule has 2 radical (unpaired) electrons. The van der Waals surface area contributed by atoms with Gasteiger partial charge >= 0.3 is 0 Å². The number of rotatable bonds is 0. The summed E-state index contributed by atoms with van der Waals surface area (Å²) < 4.78 is 0. The molecule has 1 rings (SSSR count). The molecule has 0 atom stereocenters. The molecule has 0 saturated carbocycles. The Bertz CT molecular complexity index is 254. The van der Waals surface area contributed by atoms with Crippen molar-refractivity contribution in [2.75, 3.05) is 5.73 Å². The Morgan fingerprint density at radius 3 is 2.70 bits per heavy atom. The van der Waals surface area contributed by atoms with E-state index in [9.17, 15) is 0 Å². The normalized spacial score (nSPS) is 7.50. The van der Waals surface area contributed by atoms with E-state index in [4.69, 9.17) is 11.0 Å². The second kappa shape index (κ2) is 3.77. The van der Waals surface area contributed by atoms with Crippen molar-refractivity contribution < 1.29 is 0 Å². The summed E-state index contributed by atoms with van der Waals surface area (Å²) in [7, 11) is 0. The van der Waals surface area contributed by atoms with E-state index in [1.807, 2.05) is 0 Å². The fourth-order valence-electron chi connectivity index (χ4n) is 0.364. The molecule has 0 saturated heterocycles. The second-order valence-corrected chi connectivity index (χ2v) is 1.34. The summed E-state index contributed by atoms with van der Waals surface area (Å²) in [6, 6.07) is 1.81. The van der Waals surface area contributed by atoms with Crippen LogP contribution in [0.3, 0.4) is 0 Å². The zero-order valence-electron chi connectivity index (χ0n) is 4.85. The topological polar surface area (TPSA) is 88.5 Å². The molecular formula is C4H3N5Se. The Morgan fingerprint density at radius 2 is 2.30 bits per heavy atom. The summed E-state index contributed by atoms with van der Waals surface area (Å²) in [4.78, 5) is 0. The molecule has 50 valence electrons. The maximum Gasteiger partial charge on any atom is 0.167 e. The molecule has 5 nitrogen and oxygen atoms in total. The molecule has 6 heteroatoms. The first-order valence-electron chi connectivity index (χ1n) is 2.18. The molecule has 0 aliphatic heterocycles. The van der Waals surface area contributed by atoms with Crippen LogP contribution >= 0.6 is 0 Å². The fourth-order valence-corrected chi connectivity index (χ4v) is 0.364. The van der Waals surface area contributed by atoms with Crippen molar-refractivity contribution >= 4 is 22.9 Å². The van der Waals surface area contributed by atoms with E-state index in [2.05, 4.69) is 15.4 Å². The van der Waals surface area contributed by atoms with E-state index < -0.39 is 0 Å². The van der Waals surface area contributed by atoms with Crippen LogP contribution in [0.15, 0.2) is 6.20 Å². The number of anilines is 1. The predicted octanol–water partition coefficient (Wildman–Crippen LogP) is -1.06. The van der Waals surface area contributed by atoms with Crippen LogP contribution < -0.4 is 5.73 Å². The quantitative estimate of drug-likeness (QED) is 0.539. The van der Waals surface area contributed by atoms with Crippen LogP contribution in [0, 0.1) is 11.3 Å². The maximum absolute atomic E-state index is 8.28. The van der Waals surface area contributed by atoms with Gasteiger partial charge in [0.15, 0.2) is 5.82 Å². The zero-order chi connectivity index (χ0) is 6.69. The van der Waals surface area contributed by atoms with E-state index in [-0.39, 0.29) is 28.4 Å². The summed E-state index contributed by atoms with van der Waals surface area (Å²) in [6.07, 6.45) is 1.27. The van der Waals surface area contributed by atoms with Crippen molar-refractivity contribution in [2.45, 2.75) is 0 Å². The van der Waals surface area contributed by atoms with E-state index in [1.165, 1.54) is 6.20 Å². The van der Waals surface area contributed by atoms with E-state index in [1.54, 1.807) is 6.07 Å². The van der Waals surface area contributed by atoms with Crippen LogP contribution in [0.4, 0.5) is 5.82 Å². The molecule has 0 aliphatic rings. The minimum absolute atomic E-state index is 0. The SMILES string of the molecule is N#Cc1cnnnc1N.[Se]. The fraction of sp³-hybridized carbons (Fsp3) is 0. The first-order chi connectivity index (χ1) is 4.34. The summed E-state index contributed by atoms with van der Waals surface area (Å²) >= 11 is 0. The molecule has 0 unspecified atom stereocenters. The predicted molar refractivity (Wildman–Crippen MR) is 34.7 cm³/mol. The van der Waals surface area contributed by atoms with E-state index in [0.29, 0.717) is 0 Å². The molecule has 1 aromatic heterocycles. The van der Waals surface area contributed by atoms with Crippen molar-refractivity contribution in [3.05, 3.63) is 11.8 Å². The Labute approximate surface area is 67.7 Å². The monoisotopic (exact) mass is 201 g/mol. The Hall–Kier alpha value is -1.18. The van der Waals surface area contributed by atoms with Gasteiger partial charge in [0.25, 0.3) is 0 Å². The minimum atomic E-state index is 0. The van der Waals surface area contributed by atoms with Gasteiger partial charge in [0.1, 0.15) is 11.6 Å². The number of nitriles is 1. The van der Waals surface area contributed by atoms with Gasteiger partial charge in [-0.15, -0.1) is 10.2 Å². The van der Waals surface area contributed by atoms with Crippen molar-refractivity contribution in [3.8, 4) is 6.07 Å². The standard InChI is InChI=1S/C4H3N5.Se/c5-1-3-2-7-9-8-4(3)6;/h2H,(H2,6,7,8);. The summed E-state index contributed by atoms with van der Waals surface area (Å²) in [6.45, 7) is 0. The van der Waals surface area contributed by atoms with Gasteiger partial charge in [0.05, 0.1) is 6.20 Å². The number of aromatic nitrogens is 3.